The van der Waals surface area contributed by atoms with E-state index in [9.17, 15) is 13.6 Å². The molecule has 0 radical (unpaired) electrons. The van der Waals surface area contributed by atoms with Gasteiger partial charge >= 0.3 is 0 Å². The summed E-state index contributed by atoms with van der Waals surface area (Å²) in [6.07, 6.45) is 1.60. The second kappa shape index (κ2) is 9.01. The first kappa shape index (κ1) is 23.4. The molecule has 2 atom stereocenters. The quantitative estimate of drug-likeness (QED) is 0.414. The predicted octanol–water partition coefficient (Wildman–Crippen LogP) is 4.36. The van der Waals surface area contributed by atoms with Crippen molar-refractivity contribution in [3.63, 3.8) is 0 Å². The van der Waals surface area contributed by atoms with Gasteiger partial charge in [-0.05, 0) is 32.0 Å². The molecular formula is C24H23ClF2N6O2. The second-order valence-electron chi connectivity index (χ2n) is 8.50. The van der Waals surface area contributed by atoms with E-state index in [0.717, 1.165) is 5.56 Å². The lowest BCUT2D eigenvalue weighted by molar-refractivity contribution is 0.0394. The number of nitrogens with zero attached hydrogens (tertiary/aromatic N) is 6. The lowest BCUT2D eigenvalue weighted by Crippen LogP contribution is -2.39. The molecule has 35 heavy (non-hydrogen) atoms. The van der Waals surface area contributed by atoms with Crippen LogP contribution in [0, 0.1) is 12.7 Å². The average Bonchev–Trinajstić information content (AvgIpc) is 3.33. The van der Waals surface area contributed by atoms with Crippen LogP contribution < -0.4 is 10.5 Å². The highest BCUT2D eigenvalue weighted by molar-refractivity contribution is 6.30. The van der Waals surface area contributed by atoms with Gasteiger partial charge in [0.05, 0.1) is 29.4 Å². The zero-order valence-corrected chi connectivity index (χ0v) is 20.1. The van der Waals surface area contributed by atoms with Gasteiger partial charge in [0.2, 0.25) is 0 Å². The van der Waals surface area contributed by atoms with Crippen LogP contribution in [0.25, 0.3) is 22.2 Å². The molecule has 0 N–H and O–H groups in total. The molecule has 1 unspecified atom stereocenters. The highest BCUT2D eigenvalue weighted by Gasteiger charge is 2.27. The fourth-order valence-electron chi connectivity index (χ4n) is 4.19. The maximum atomic E-state index is 15.0. The van der Waals surface area contributed by atoms with Gasteiger partial charge in [-0.25, -0.2) is 23.4 Å². The van der Waals surface area contributed by atoms with Crippen molar-refractivity contribution in [2.45, 2.75) is 26.2 Å². The van der Waals surface area contributed by atoms with Crippen LogP contribution in [0.5, 0.6) is 0 Å². The van der Waals surface area contributed by atoms with Crippen molar-refractivity contribution in [1.82, 2.24) is 24.3 Å². The third-order valence-electron chi connectivity index (χ3n) is 6.21. The number of alkyl halides is 1. The number of anilines is 1. The highest BCUT2D eigenvalue weighted by Crippen LogP contribution is 2.33. The molecule has 3 aromatic heterocycles. The number of ether oxygens (including phenoxy) is 1. The predicted molar refractivity (Wildman–Crippen MR) is 129 cm³/mol. The summed E-state index contributed by atoms with van der Waals surface area (Å²) in [6, 6.07) is 5.99. The highest BCUT2D eigenvalue weighted by atomic mass is 35.5. The maximum Gasteiger partial charge on any atom is 0.263 e. The van der Waals surface area contributed by atoms with Crippen LogP contribution >= 0.6 is 11.6 Å². The van der Waals surface area contributed by atoms with Crippen LogP contribution in [0.2, 0.25) is 5.02 Å². The second-order valence-corrected chi connectivity index (χ2v) is 8.94. The van der Waals surface area contributed by atoms with Gasteiger partial charge in [-0.2, -0.15) is 5.10 Å². The summed E-state index contributed by atoms with van der Waals surface area (Å²) in [5.41, 5.74) is 1.20. The maximum absolute atomic E-state index is 15.0. The molecule has 182 valence electrons. The summed E-state index contributed by atoms with van der Waals surface area (Å²) in [6.45, 7) is 4.47. The van der Waals surface area contributed by atoms with E-state index in [4.69, 9.17) is 21.3 Å². The van der Waals surface area contributed by atoms with E-state index in [1.807, 2.05) is 4.90 Å². The van der Waals surface area contributed by atoms with Crippen LogP contribution in [0.1, 0.15) is 30.7 Å². The van der Waals surface area contributed by atoms with Crippen LogP contribution in [0.4, 0.5) is 14.6 Å². The largest absolute Gasteiger partial charge is 0.370 e. The summed E-state index contributed by atoms with van der Waals surface area (Å²) >= 11 is 5.96. The normalized spacial score (nSPS) is 17.2. The fraction of sp³-hybridized carbons (Fsp3) is 0.333. The molecule has 1 aliphatic heterocycles. The molecule has 1 saturated heterocycles. The molecule has 0 amide bonds. The Morgan fingerprint density at radius 3 is 2.77 bits per heavy atom. The zero-order valence-electron chi connectivity index (χ0n) is 19.4. The van der Waals surface area contributed by atoms with Crippen LogP contribution in [-0.4, -0.2) is 44.0 Å². The molecule has 4 aromatic rings. The van der Waals surface area contributed by atoms with Crippen molar-refractivity contribution < 1.29 is 13.5 Å². The van der Waals surface area contributed by atoms with Crippen molar-refractivity contribution in [3.8, 4) is 11.3 Å². The monoisotopic (exact) mass is 500 g/mol. The van der Waals surface area contributed by atoms with Gasteiger partial charge in [-0.15, -0.1) is 0 Å². The van der Waals surface area contributed by atoms with Crippen LogP contribution in [-0.2, 0) is 11.8 Å². The van der Waals surface area contributed by atoms with Crippen molar-refractivity contribution >= 4 is 28.3 Å². The lowest BCUT2D eigenvalue weighted by atomic mass is 10.1. The first-order valence-corrected chi connectivity index (χ1v) is 11.5. The Labute approximate surface area is 204 Å². The van der Waals surface area contributed by atoms with E-state index in [2.05, 4.69) is 10.1 Å². The summed E-state index contributed by atoms with van der Waals surface area (Å²) in [5, 5.41) is 4.53. The number of hydrogen-bond donors (Lipinski definition) is 0. The average molecular weight is 501 g/mol. The first-order valence-electron chi connectivity index (χ1n) is 11.1. The number of aromatic nitrogens is 5. The molecule has 1 fully saturated rings. The number of fused-ring (bicyclic) bond motifs is 1. The van der Waals surface area contributed by atoms with Gasteiger partial charge in [-0.3, -0.25) is 9.36 Å². The molecule has 0 spiro atoms. The molecule has 1 aliphatic rings. The molecule has 0 bridgehead atoms. The number of pyridine rings is 1. The number of hydrogen-bond acceptors (Lipinski definition) is 6. The van der Waals surface area contributed by atoms with E-state index in [0.29, 0.717) is 36.9 Å². The molecular weight excluding hydrogens is 478 g/mol. The summed E-state index contributed by atoms with van der Waals surface area (Å²) < 4.78 is 37.2. The first-order chi connectivity index (χ1) is 16.7. The molecule has 8 nitrogen and oxygen atoms in total. The van der Waals surface area contributed by atoms with Crippen LogP contribution in [0.3, 0.4) is 0 Å². The Kier molecular flexibility index (Phi) is 6.02. The topological polar surface area (TPSA) is 78.1 Å². The van der Waals surface area contributed by atoms with Crippen molar-refractivity contribution in [2.75, 3.05) is 24.6 Å². The third-order valence-corrected chi connectivity index (χ3v) is 6.44. The van der Waals surface area contributed by atoms with Gasteiger partial charge < -0.3 is 9.64 Å². The fourth-order valence-corrected chi connectivity index (χ4v) is 4.35. The van der Waals surface area contributed by atoms with E-state index in [-0.39, 0.29) is 33.3 Å². The van der Waals surface area contributed by atoms with Gasteiger partial charge in [0.15, 0.2) is 6.30 Å². The number of benzene rings is 1. The van der Waals surface area contributed by atoms with Gasteiger partial charge in [0.1, 0.15) is 23.6 Å². The van der Waals surface area contributed by atoms with Crippen molar-refractivity contribution in [1.29, 1.82) is 0 Å². The standard InChI is InChI=1S/C24H23ClF2N6O2/c1-13(26)33-11-15(10-28-33)20-12-32(6-7-35-20)21-9-19-22(24(34)31(3)14(2)29-19)23(30-21)17-5-4-16(25)8-18(17)27/h4-5,8-11,13,20H,6-7,12H2,1-3H3/t13?,20-/m1/s1. The molecule has 0 saturated carbocycles. The minimum absolute atomic E-state index is 0.159. The smallest absolute Gasteiger partial charge is 0.263 e. The van der Waals surface area contributed by atoms with Crippen molar-refractivity contribution in [3.05, 3.63) is 69.2 Å². The SMILES string of the molecule is Cc1nc2cc(N3CCO[C@@H](c4cnn(C(C)F)c4)C3)nc(-c3ccc(Cl)cc3F)c2c(=O)n1C. The Morgan fingerprint density at radius 2 is 2.06 bits per heavy atom. The van der Waals surface area contributed by atoms with Crippen LogP contribution in [0.15, 0.2) is 41.5 Å². The summed E-state index contributed by atoms with van der Waals surface area (Å²) in [7, 11) is 1.62. The third kappa shape index (κ3) is 4.28. The zero-order chi connectivity index (χ0) is 24.9. The minimum Gasteiger partial charge on any atom is -0.370 e. The van der Waals surface area contributed by atoms with Gasteiger partial charge in [-0.1, -0.05) is 11.6 Å². The Bertz CT molecular complexity index is 1490. The molecule has 4 heterocycles. The summed E-state index contributed by atoms with van der Waals surface area (Å²) in [4.78, 5) is 24.5. The molecule has 11 heteroatoms. The van der Waals surface area contributed by atoms with E-state index >= 15 is 0 Å². The van der Waals surface area contributed by atoms with Crippen molar-refractivity contribution in [2.24, 2.45) is 7.05 Å². The van der Waals surface area contributed by atoms with E-state index in [1.54, 1.807) is 38.5 Å². The molecule has 1 aromatic carbocycles. The van der Waals surface area contributed by atoms with Gasteiger partial charge in [0, 0.05) is 48.5 Å². The Hall–Kier alpha value is -3.37. The number of halogens is 3. The Balaban J connectivity index is 1.62. The summed E-state index contributed by atoms with van der Waals surface area (Å²) in [5.74, 6) is 0.468. The minimum atomic E-state index is -1.25. The molecule has 5 rings (SSSR count). The number of rotatable bonds is 4. The lowest BCUT2D eigenvalue weighted by Gasteiger charge is -2.33. The number of morpholine rings is 1. The van der Waals surface area contributed by atoms with E-state index in [1.165, 1.54) is 28.3 Å². The van der Waals surface area contributed by atoms with Gasteiger partial charge in [0.25, 0.3) is 5.56 Å². The number of aryl methyl sites for hydroxylation is 1. The van der Waals surface area contributed by atoms with E-state index < -0.39 is 12.1 Å². The molecule has 0 aliphatic carbocycles. The Morgan fingerprint density at radius 1 is 1.26 bits per heavy atom.